The molecule has 1 heterocycles. The Balaban J connectivity index is 0.00000400. The van der Waals surface area contributed by atoms with E-state index in [1.165, 1.54) is 0 Å². The third-order valence-corrected chi connectivity index (χ3v) is 3.07. The molecular weight excluding hydrogens is 381 g/mol. The van der Waals surface area contributed by atoms with E-state index in [2.05, 4.69) is 39.7 Å². The van der Waals surface area contributed by atoms with Crippen molar-refractivity contribution in [1.29, 1.82) is 0 Å². The van der Waals surface area contributed by atoms with E-state index in [4.69, 9.17) is 4.74 Å². The molecule has 1 aromatic rings. The molecule has 0 aliphatic carbocycles. The maximum absolute atomic E-state index is 5.72. The van der Waals surface area contributed by atoms with Crippen molar-refractivity contribution in [2.24, 2.45) is 10.9 Å². The Kier molecular flexibility index (Phi) is 11.3. The summed E-state index contributed by atoms with van der Waals surface area (Å²) in [7, 11) is 1.77. The zero-order valence-corrected chi connectivity index (χ0v) is 15.7. The monoisotopic (exact) mass is 409 g/mol. The number of hydrogen-bond acceptors (Lipinski definition) is 3. The fourth-order valence-electron chi connectivity index (χ4n) is 1.94. The predicted molar refractivity (Wildman–Crippen MR) is 97.1 cm³/mol. The summed E-state index contributed by atoms with van der Waals surface area (Å²) < 4.78 is 5.72. The molecule has 0 saturated heterocycles. The minimum Gasteiger partial charge on any atom is -0.378 e. The Bertz CT molecular complexity index is 381. The number of nitrogens with zero attached hydrogens (tertiary/aromatic N) is 2. The van der Waals surface area contributed by atoms with E-state index >= 15 is 0 Å². The lowest BCUT2D eigenvalue weighted by Crippen LogP contribution is -2.39. The number of ether oxygens (including phenoxy) is 1. The zero-order chi connectivity index (χ0) is 14.8. The maximum Gasteiger partial charge on any atom is 0.191 e. The number of aromatic amines is 1. The Hall–Kier alpha value is -0.830. The van der Waals surface area contributed by atoms with Crippen molar-refractivity contribution in [1.82, 2.24) is 20.8 Å². The normalized spacial score (nSPS) is 12.9. The lowest BCUT2D eigenvalue weighted by Gasteiger charge is -2.21. The molecule has 122 valence electrons. The maximum atomic E-state index is 5.72. The Labute approximate surface area is 144 Å². The molecule has 1 unspecified atom stereocenters. The van der Waals surface area contributed by atoms with Crippen LogP contribution in [-0.4, -0.2) is 42.5 Å². The van der Waals surface area contributed by atoms with Crippen molar-refractivity contribution in [3.63, 3.8) is 0 Å². The molecule has 0 radical (unpaired) electrons. The van der Waals surface area contributed by atoms with Gasteiger partial charge in [-0.3, -0.25) is 10.1 Å². The molecule has 0 aromatic carbocycles. The van der Waals surface area contributed by atoms with Crippen molar-refractivity contribution < 1.29 is 4.74 Å². The smallest absolute Gasteiger partial charge is 0.191 e. The van der Waals surface area contributed by atoms with Crippen LogP contribution in [-0.2, 0) is 11.3 Å². The van der Waals surface area contributed by atoms with Crippen LogP contribution in [0.15, 0.2) is 17.3 Å². The quantitative estimate of drug-likeness (QED) is 0.350. The molecule has 0 aliphatic heterocycles. The standard InChI is InChI=1S/C14H27N5O.HI/c1-5-20-13(11(2)3)7-8-16-14(15-4)17-10-12-6-9-18-19-12;/h6,9,11,13H,5,7-8,10H2,1-4H3,(H,18,19)(H2,15,16,17);1H. The van der Waals surface area contributed by atoms with E-state index in [1.54, 1.807) is 13.2 Å². The minimum atomic E-state index is 0. The van der Waals surface area contributed by atoms with Gasteiger partial charge in [-0.1, -0.05) is 13.8 Å². The van der Waals surface area contributed by atoms with E-state index in [-0.39, 0.29) is 24.0 Å². The third kappa shape index (κ3) is 8.25. The van der Waals surface area contributed by atoms with Gasteiger partial charge in [0.2, 0.25) is 0 Å². The third-order valence-electron chi connectivity index (χ3n) is 3.07. The molecular formula is C14H28IN5O. The number of H-pyrrole nitrogens is 1. The molecule has 0 saturated carbocycles. The van der Waals surface area contributed by atoms with Crippen LogP contribution in [0, 0.1) is 5.92 Å². The van der Waals surface area contributed by atoms with Crippen LogP contribution in [0.1, 0.15) is 32.9 Å². The summed E-state index contributed by atoms with van der Waals surface area (Å²) in [4.78, 5) is 4.19. The second-order valence-corrected chi connectivity index (χ2v) is 4.96. The molecule has 1 atom stereocenters. The summed E-state index contributed by atoms with van der Waals surface area (Å²) in [6.45, 7) is 8.69. The first kappa shape index (κ1) is 20.2. The van der Waals surface area contributed by atoms with E-state index in [1.807, 2.05) is 13.0 Å². The van der Waals surface area contributed by atoms with Crippen molar-refractivity contribution in [3.8, 4) is 0 Å². The van der Waals surface area contributed by atoms with Crippen LogP contribution >= 0.6 is 24.0 Å². The lowest BCUT2D eigenvalue weighted by atomic mass is 10.0. The molecule has 0 fully saturated rings. The SMILES string of the molecule is CCOC(CCNC(=NC)NCc1ccn[nH]1)C(C)C.I. The van der Waals surface area contributed by atoms with Crippen LogP contribution in [0.5, 0.6) is 0 Å². The van der Waals surface area contributed by atoms with Crippen LogP contribution in [0.4, 0.5) is 0 Å². The van der Waals surface area contributed by atoms with Crippen LogP contribution in [0.3, 0.4) is 0 Å². The van der Waals surface area contributed by atoms with Gasteiger partial charge >= 0.3 is 0 Å². The van der Waals surface area contributed by atoms with Gasteiger partial charge in [-0.15, -0.1) is 24.0 Å². The summed E-state index contributed by atoms with van der Waals surface area (Å²) in [6, 6.07) is 1.93. The van der Waals surface area contributed by atoms with Gasteiger partial charge < -0.3 is 15.4 Å². The van der Waals surface area contributed by atoms with Crippen molar-refractivity contribution >= 4 is 29.9 Å². The van der Waals surface area contributed by atoms with Gasteiger partial charge in [-0.25, -0.2) is 0 Å². The molecule has 0 bridgehead atoms. The van der Waals surface area contributed by atoms with Crippen molar-refractivity contribution in [3.05, 3.63) is 18.0 Å². The first-order valence-electron chi connectivity index (χ1n) is 7.21. The number of nitrogens with one attached hydrogen (secondary N) is 3. The van der Waals surface area contributed by atoms with Gasteiger partial charge in [0.25, 0.3) is 0 Å². The average molecular weight is 409 g/mol. The van der Waals surface area contributed by atoms with Gasteiger partial charge in [-0.2, -0.15) is 5.10 Å². The molecule has 0 amide bonds. The number of aromatic nitrogens is 2. The van der Waals surface area contributed by atoms with E-state index in [9.17, 15) is 0 Å². The van der Waals surface area contributed by atoms with Crippen LogP contribution in [0.2, 0.25) is 0 Å². The van der Waals surface area contributed by atoms with Crippen LogP contribution < -0.4 is 10.6 Å². The molecule has 0 aliphatic rings. The van der Waals surface area contributed by atoms with Gasteiger partial charge in [0.1, 0.15) is 0 Å². The fraction of sp³-hybridized carbons (Fsp3) is 0.714. The van der Waals surface area contributed by atoms with E-state index < -0.39 is 0 Å². The summed E-state index contributed by atoms with van der Waals surface area (Å²) in [5.74, 6) is 1.32. The van der Waals surface area contributed by atoms with E-state index in [0.29, 0.717) is 18.6 Å². The summed E-state index contributed by atoms with van der Waals surface area (Å²) in [5.41, 5.74) is 1.03. The average Bonchev–Trinajstić information content (AvgIpc) is 2.94. The summed E-state index contributed by atoms with van der Waals surface area (Å²) in [5, 5.41) is 13.4. The second-order valence-electron chi connectivity index (χ2n) is 4.96. The van der Waals surface area contributed by atoms with Gasteiger partial charge in [0.05, 0.1) is 18.3 Å². The van der Waals surface area contributed by atoms with Gasteiger partial charge in [-0.05, 0) is 25.3 Å². The summed E-state index contributed by atoms with van der Waals surface area (Å²) >= 11 is 0. The molecule has 0 spiro atoms. The molecule has 7 heteroatoms. The van der Waals surface area contributed by atoms with Gasteiger partial charge in [0, 0.05) is 26.4 Å². The van der Waals surface area contributed by atoms with Crippen molar-refractivity contribution in [2.75, 3.05) is 20.2 Å². The first-order chi connectivity index (χ1) is 9.67. The highest BCUT2D eigenvalue weighted by atomic mass is 127. The first-order valence-corrected chi connectivity index (χ1v) is 7.21. The predicted octanol–water partition coefficient (Wildman–Crippen LogP) is 2.14. The highest BCUT2D eigenvalue weighted by Gasteiger charge is 2.12. The minimum absolute atomic E-state index is 0. The second kappa shape index (κ2) is 11.8. The molecule has 1 aromatic heterocycles. The zero-order valence-electron chi connectivity index (χ0n) is 13.3. The lowest BCUT2D eigenvalue weighted by molar-refractivity contribution is 0.0258. The topological polar surface area (TPSA) is 74.3 Å². The molecule has 1 rings (SSSR count). The number of halogens is 1. The molecule has 21 heavy (non-hydrogen) atoms. The van der Waals surface area contributed by atoms with Crippen molar-refractivity contribution in [2.45, 2.75) is 39.8 Å². The highest BCUT2D eigenvalue weighted by Crippen LogP contribution is 2.09. The summed E-state index contributed by atoms with van der Waals surface area (Å²) in [6.07, 6.45) is 3.00. The fourth-order valence-corrected chi connectivity index (χ4v) is 1.94. The Morgan fingerprint density at radius 3 is 2.71 bits per heavy atom. The van der Waals surface area contributed by atoms with Crippen LogP contribution in [0.25, 0.3) is 0 Å². The number of hydrogen-bond donors (Lipinski definition) is 3. The van der Waals surface area contributed by atoms with Gasteiger partial charge in [0.15, 0.2) is 5.96 Å². The largest absolute Gasteiger partial charge is 0.378 e. The Morgan fingerprint density at radius 1 is 1.43 bits per heavy atom. The number of aliphatic imine (C=N–C) groups is 1. The highest BCUT2D eigenvalue weighted by molar-refractivity contribution is 14.0. The molecule has 3 N–H and O–H groups in total. The number of rotatable bonds is 8. The number of guanidine groups is 1. The van der Waals surface area contributed by atoms with E-state index in [0.717, 1.165) is 31.2 Å². The Morgan fingerprint density at radius 2 is 2.19 bits per heavy atom. The molecule has 6 nitrogen and oxygen atoms in total.